The summed E-state index contributed by atoms with van der Waals surface area (Å²) < 4.78 is 0. The van der Waals surface area contributed by atoms with Gasteiger partial charge in [-0.15, -0.1) is 0 Å². The average Bonchev–Trinajstić information content (AvgIpc) is 2.36. The van der Waals surface area contributed by atoms with Crippen LogP contribution in [0.1, 0.15) is 38.9 Å². The van der Waals surface area contributed by atoms with Gasteiger partial charge in [-0.2, -0.15) is 0 Å². The maximum Gasteiger partial charge on any atom is 0.0811 e. The lowest BCUT2D eigenvalue weighted by Crippen LogP contribution is -2.36. The van der Waals surface area contributed by atoms with E-state index in [4.69, 9.17) is 5.73 Å². The van der Waals surface area contributed by atoms with Crippen molar-refractivity contribution in [2.24, 2.45) is 11.1 Å². The van der Waals surface area contributed by atoms with Crippen LogP contribution in [-0.2, 0) is 0 Å². The van der Waals surface area contributed by atoms with E-state index in [-0.39, 0.29) is 11.5 Å². The van der Waals surface area contributed by atoms with E-state index >= 15 is 0 Å². The second-order valence-electron chi connectivity index (χ2n) is 6.29. The zero-order chi connectivity index (χ0) is 14.0. The topological polar surface area (TPSA) is 46.2 Å². The minimum absolute atomic E-state index is 0.00552. The summed E-state index contributed by atoms with van der Waals surface area (Å²) in [6.45, 7) is 6.31. The first-order chi connectivity index (χ1) is 8.89. The third-order valence-corrected chi connectivity index (χ3v) is 3.77. The number of hydrogen-bond acceptors (Lipinski definition) is 2. The van der Waals surface area contributed by atoms with Crippen LogP contribution in [0, 0.1) is 5.41 Å². The van der Waals surface area contributed by atoms with Gasteiger partial charge in [-0.25, -0.2) is 0 Å². The van der Waals surface area contributed by atoms with Gasteiger partial charge in [0.05, 0.1) is 6.10 Å². The summed E-state index contributed by atoms with van der Waals surface area (Å²) in [5.74, 6) is 0. The highest BCUT2D eigenvalue weighted by molar-refractivity contribution is 5.85. The van der Waals surface area contributed by atoms with E-state index in [2.05, 4.69) is 39.0 Å². The van der Waals surface area contributed by atoms with Gasteiger partial charge >= 0.3 is 0 Å². The minimum atomic E-state index is -0.514. The predicted octanol–water partition coefficient (Wildman–Crippen LogP) is 3.64. The molecule has 2 rings (SSSR count). The van der Waals surface area contributed by atoms with Crippen LogP contribution in [-0.4, -0.2) is 11.1 Å². The average molecular weight is 257 g/mol. The second-order valence-corrected chi connectivity index (χ2v) is 6.29. The fourth-order valence-electron chi connectivity index (χ4n) is 2.26. The van der Waals surface area contributed by atoms with Gasteiger partial charge in [0, 0.05) is 6.04 Å². The molecule has 0 saturated heterocycles. The van der Waals surface area contributed by atoms with Crippen LogP contribution in [0.15, 0.2) is 42.5 Å². The fraction of sp³-hybridized carbons (Fsp3) is 0.412. The summed E-state index contributed by atoms with van der Waals surface area (Å²) in [4.78, 5) is 0. The first-order valence-corrected chi connectivity index (χ1v) is 6.81. The summed E-state index contributed by atoms with van der Waals surface area (Å²) in [6, 6.07) is 14.1. The molecule has 2 nitrogen and oxygen atoms in total. The molecule has 19 heavy (non-hydrogen) atoms. The third kappa shape index (κ3) is 3.14. The van der Waals surface area contributed by atoms with Crippen molar-refractivity contribution in [2.75, 3.05) is 0 Å². The molecule has 0 aliphatic rings. The number of aliphatic hydroxyl groups excluding tert-OH is 1. The van der Waals surface area contributed by atoms with E-state index in [9.17, 15) is 5.11 Å². The zero-order valence-corrected chi connectivity index (χ0v) is 11.9. The predicted molar refractivity (Wildman–Crippen MR) is 81.0 cm³/mol. The zero-order valence-electron chi connectivity index (χ0n) is 11.9. The highest BCUT2D eigenvalue weighted by Gasteiger charge is 2.24. The van der Waals surface area contributed by atoms with E-state index in [0.717, 1.165) is 16.3 Å². The summed E-state index contributed by atoms with van der Waals surface area (Å²) in [6.07, 6.45) is 0.0673. The van der Waals surface area contributed by atoms with Crippen molar-refractivity contribution >= 4 is 10.8 Å². The Morgan fingerprint density at radius 3 is 2.37 bits per heavy atom. The van der Waals surface area contributed by atoms with Crippen molar-refractivity contribution in [3.05, 3.63) is 48.0 Å². The van der Waals surface area contributed by atoms with Gasteiger partial charge < -0.3 is 10.8 Å². The molecule has 0 aromatic heterocycles. The summed E-state index contributed by atoms with van der Waals surface area (Å²) >= 11 is 0. The van der Waals surface area contributed by atoms with Crippen LogP contribution in [0.5, 0.6) is 0 Å². The molecule has 0 saturated carbocycles. The number of hydrogen-bond donors (Lipinski definition) is 2. The second kappa shape index (κ2) is 5.32. The molecule has 2 aromatic carbocycles. The van der Waals surface area contributed by atoms with E-state index in [1.807, 2.05) is 24.3 Å². The van der Waals surface area contributed by atoms with Crippen molar-refractivity contribution in [3.8, 4) is 0 Å². The summed E-state index contributed by atoms with van der Waals surface area (Å²) in [7, 11) is 0. The van der Waals surface area contributed by atoms with Crippen LogP contribution in [0.3, 0.4) is 0 Å². The molecule has 2 atom stereocenters. The van der Waals surface area contributed by atoms with Gasteiger partial charge in [-0.1, -0.05) is 63.2 Å². The molecule has 0 amide bonds. The Balaban J connectivity index is 2.29. The monoisotopic (exact) mass is 257 g/mol. The number of fused-ring (bicyclic) bond motifs is 1. The van der Waals surface area contributed by atoms with Crippen LogP contribution in [0.25, 0.3) is 10.8 Å². The highest BCUT2D eigenvalue weighted by atomic mass is 16.3. The number of aliphatic hydroxyl groups is 1. The standard InChI is InChI=1S/C17H23NO/c1-17(2,3)16(18)11-15(19)14-10-6-8-12-7-4-5-9-13(12)14/h4-10,15-16,19H,11,18H2,1-3H3/t15-,16+/m0/s1. The van der Waals surface area contributed by atoms with Gasteiger partial charge in [0.15, 0.2) is 0 Å². The fourth-order valence-corrected chi connectivity index (χ4v) is 2.26. The summed E-state index contributed by atoms with van der Waals surface area (Å²) in [5.41, 5.74) is 7.15. The smallest absolute Gasteiger partial charge is 0.0811 e. The molecule has 0 aliphatic heterocycles. The lowest BCUT2D eigenvalue weighted by atomic mass is 9.82. The van der Waals surface area contributed by atoms with E-state index < -0.39 is 6.10 Å². The molecule has 0 spiro atoms. The van der Waals surface area contributed by atoms with Gasteiger partial charge in [-0.3, -0.25) is 0 Å². The van der Waals surface area contributed by atoms with Gasteiger partial charge in [0.1, 0.15) is 0 Å². The molecule has 0 unspecified atom stereocenters. The molecular formula is C17H23NO. The molecule has 0 radical (unpaired) electrons. The minimum Gasteiger partial charge on any atom is -0.388 e. The number of nitrogens with two attached hydrogens (primary N) is 1. The Labute approximate surface area is 115 Å². The molecule has 102 valence electrons. The largest absolute Gasteiger partial charge is 0.388 e. The maximum atomic E-state index is 10.5. The molecular weight excluding hydrogens is 234 g/mol. The lowest BCUT2D eigenvalue weighted by Gasteiger charge is -2.29. The van der Waals surface area contributed by atoms with Crippen LogP contribution in [0.2, 0.25) is 0 Å². The maximum absolute atomic E-state index is 10.5. The van der Waals surface area contributed by atoms with Crippen molar-refractivity contribution in [1.29, 1.82) is 0 Å². The first-order valence-electron chi connectivity index (χ1n) is 6.81. The molecule has 2 heteroatoms. The Morgan fingerprint density at radius 1 is 1.05 bits per heavy atom. The van der Waals surface area contributed by atoms with Gasteiger partial charge in [0.25, 0.3) is 0 Å². The van der Waals surface area contributed by atoms with Crippen LogP contribution >= 0.6 is 0 Å². The van der Waals surface area contributed by atoms with Gasteiger partial charge in [-0.05, 0) is 28.2 Å². The van der Waals surface area contributed by atoms with Crippen molar-refractivity contribution < 1.29 is 5.11 Å². The highest BCUT2D eigenvalue weighted by Crippen LogP contribution is 2.30. The van der Waals surface area contributed by atoms with Crippen LogP contribution in [0.4, 0.5) is 0 Å². The van der Waals surface area contributed by atoms with E-state index in [1.165, 1.54) is 0 Å². The normalized spacial score (nSPS) is 15.4. The molecule has 3 N–H and O–H groups in total. The molecule has 0 heterocycles. The molecule has 0 fully saturated rings. The SMILES string of the molecule is CC(C)(C)[C@H](N)C[C@H](O)c1cccc2ccccc12. The summed E-state index contributed by atoms with van der Waals surface area (Å²) in [5, 5.41) is 12.7. The Kier molecular flexibility index (Phi) is 3.93. The number of rotatable bonds is 3. The van der Waals surface area contributed by atoms with Crippen molar-refractivity contribution in [1.82, 2.24) is 0 Å². The molecule has 0 bridgehead atoms. The Morgan fingerprint density at radius 2 is 1.68 bits per heavy atom. The van der Waals surface area contributed by atoms with Gasteiger partial charge in [0.2, 0.25) is 0 Å². The first kappa shape index (κ1) is 14.0. The van der Waals surface area contributed by atoms with E-state index in [0.29, 0.717) is 6.42 Å². The number of benzene rings is 2. The third-order valence-electron chi connectivity index (χ3n) is 3.77. The lowest BCUT2D eigenvalue weighted by molar-refractivity contribution is 0.134. The molecule has 2 aromatic rings. The van der Waals surface area contributed by atoms with Crippen molar-refractivity contribution in [3.63, 3.8) is 0 Å². The quantitative estimate of drug-likeness (QED) is 0.882. The van der Waals surface area contributed by atoms with E-state index in [1.54, 1.807) is 0 Å². The Hall–Kier alpha value is -1.38. The molecule has 0 aliphatic carbocycles. The van der Waals surface area contributed by atoms with Crippen LogP contribution < -0.4 is 5.73 Å². The Bertz CT molecular complexity index is 551. The van der Waals surface area contributed by atoms with Crippen molar-refractivity contribution in [2.45, 2.75) is 39.3 Å².